The number of hydrogen-bond acceptors (Lipinski definition) is 0. The maximum Gasteiger partial charge on any atom is 0.230 e. The van der Waals surface area contributed by atoms with Crippen molar-refractivity contribution in [2.45, 2.75) is 19.8 Å². The van der Waals surface area contributed by atoms with Crippen LogP contribution in [0.3, 0.4) is 0 Å². The van der Waals surface area contributed by atoms with Crippen LogP contribution in [0, 0.1) is 18.4 Å². The molecular weight excluding hydrogens is 521 g/mol. The third kappa shape index (κ3) is 4.51. The maximum atomic E-state index is 4.05. The van der Waals surface area contributed by atoms with E-state index >= 15 is 0 Å². The Bertz CT molecular complexity index is 1930. The molecule has 6 aromatic carbocycles. The largest absolute Gasteiger partial charge is 0.230 e. The van der Waals surface area contributed by atoms with Gasteiger partial charge in [-0.1, -0.05) is 152 Å². The van der Waals surface area contributed by atoms with Gasteiger partial charge >= 0.3 is 0 Å². The second-order valence-corrected chi connectivity index (χ2v) is 14.5. The van der Waals surface area contributed by atoms with Crippen molar-refractivity contribution >= 4 is 50.8 Å². The van der Waals surface area contributed by atoms with Crippen LogP contribution in [0.4, 0.5) is 0 Å². The Labute approximate surface area is 249 Å². The number of rotatable bonds is 4. The zero-order valence-electron chi connectivity index (χ0n) is 23.8. The molecule has 0 nitrogen and oxygen atoms in total. The van der Waals surface area contributed by atoms with E-state index < -0.39 is 8.07 Å². The van der Waals surface area contributed by atoms with E-state index in [0.29, 0.717) is 0 Å². The topological polar surface area (TPSA) is 0 Å². The zero-order chi connectivity index (χ0) is 28.4. The summed E-state index contributed by atoms with van der Waals surface area (Å²) in [4.78, 5) is 0. The summed E-state index contributed by atoms with van der Waals surface area (Å²) in [6.45, 7) is 2.26. The van der Waals surface area contributed by atoms with E-state index in [4.69, 9.17) is 0 Å². The molecule has 1 aliphatic carbocycles. The summed E-state index contributed by atoms with van der Waals surface area (Å²) in [5.41, 5.74) is 9.06. The lowest BCUT2D eigenvalue weighted by atomic mass is 9.90. The molecule has 0 unspecified atom stereocenters. The van der Waals surface area contributed by atoms with E-state index in [1.54, 1.807) is 0 Å². The quantitative estimate of drug-likeness (QED) is 0.0897. The van der Waals surface area contributed by atoms with Gasteiger partial charge in [0, 0.05) is 5.56 Å². The molecule has 0 aliphatic heterocycles. The second kappa shape index (κ2) is 11.2. The number of fused-ring (bicyclic) bond motifs is 2. The van der Waals surface area contributed by atoms with Gasteiger partial charge in [0.15, 0.2) is 0 Å². The molecule has 0 N–H and O–H groups in total. The lowest BCUT2D eigenvalue weighted by Crippen LogP contribution is -2.66. The highest BCUT2D eigenvalue weighted by Gasteiger charge is 2.38. The highest BCUT2D eigenvalue weighted by Crippen LogP contribution is 2.34. The molecule has 6 aromatic rings. The zero-order valence-corrected chi connectivity index (χ0v) is 24.8. The molecule has 1 aliphatic rings. The van der Waals surface area contributed by atoms with Crippen LogP contribution in [-0.2, 0) is 0 Å². The van der Waals surface area contributed by atoms with E-state index in [2.05, 4.69) is 170 Å². The molecule has 0 amide bonds. The molecule has 0 radical (unpaired) electrons. The van der Waals surface area contributed by atoms with Crippen molar-refractivity contribution in [2.24, 2.45) is 0 Å². The number of allylic oxidation sites excluding steroid dienone is 4. The molecule has 0 heterocycles. The minimum Gasteiger partial charge on any atom is -0.109 e. The Morgan fingerprint density at radius 3 is 1.67 bits per heavy atom. The molecule has 0 bridgehead atoms. The predicted molar refractivity (Wildman–Crippen MR) is 183 cm³/mol. The van der Waals surface area contributed by atoms with Crippen molar-refractivity contribution < 1.29 is 0 Å². The van der Waals surface area contributed by atoms with Crippen molar-refractivity contribution in [3.63, 3.8) is 0 Å². The SMILES string of the molecule is Cc1c2ccccc2c(C#C[Si](c2ccccc2)(c2ccccc2)c2ccccc2)c2ccc(C3=CCCC=C3)cc12. The van der Waals surface area contributed by atoms with Gasteiger partial charge in [0.05, 0.1) is 0 Å². The van der Waals surface area contributed by atoms with Gasteiger partial charge in [0.1, 0.15) is 0 Å². The molecule has 0 saturated heterocycles. The highest BCUT2D eigenvalue weighted by atomic mass is 28.3. The fourth-order valence-corrected chi connectivity index (χ4v) is 10.3. The van der Waals surface area contributed by atoms with Gasteiger partial charge in [-0.3, -0.25) is 0 Å². The molecular formula is C41H32Si. The molecule has 0 aromatic heterocycles. The van der Waals surface area contributed by atoms with Crippen LogP contribution in [0.1, 0.15) is 29.5 Å². The standard InChI is InChI=1S/C41H32Si/c1-31-37-24-14-15-25-38(37)40(39-27-26-33(30-41(31)39)32-16-6-2-7-17-32)28-29-42(34-18-8-3-9-19-34,35-20-10-4-11-21-35)36-22-12-5-13-23-36/h3-6,8-27,30H,2,7H2,1H3. The van der Waals surface area contributed by atoms with Crippen LogP contribution in [0.15, 0.2) is 152 Å². The summed E-state index contributed by atoms with van der Waals surface area (Å²) in [6.07, 6.45) is 9.13. The Kier molecular flexibility index (Phi) is 6.92. The Hall–Kier alpha value is -4.90. The van der Waals surface area contributed by atoms with Gasteiger partial charge in [-0.15, -0.1) is 5.54 Å². The van der Waals surface area contributed by atoms with Crippen molar-refractivity contribution in [1.29, 1.82) is 0 Å². The third-order valence-corrected chi connectivity index (χ3v) is 12.7. The van der Waals surface area contributed by atoms with E-state index in [0.717, 1.165) is 18.4 Å². The van der Waals surface area contributed by atoms with E-state index in [9.17, 15) is 0 Å². The molecule has 42 heavy (non-hydrogen) atoms. The Morgan fingerprint density at radius 2 is 1.10 bits per heavy atom. The lowest BCUT2D eigenvalue weighted by molar-refractivity contribution is 1.04. The van der Waals surface area contributed by atoms with Crippen LogP contribution in [-0.4, -0.2) is 8.07 Å². The summed E-state index contributed by atoms with van der Waals surface area (Å²) in [5.74, 6) is 3.88. The van der Waals surface area contributed by atoms with Gasteiger partial charge in [0.2, 0.25) is 8.07 Å². The summed E-state index contributed by atoms with van der Waals surface area (Å²) in [5, 5.41) is 8.89. The smallest absolute Gasteiger partial charge is 0.109 e. The first-order valence-corrected chi connectivity index (χ1v) is 16.8. The van der Waals surface area contributed by atoms with Crippen molar-refractivity contribution in [3.8, 4) is 11.5 Å². The molecule has 0 fully saturated rings. The average Bonchev–Trinajstić information content (AvgIpc) is 3.08. The minimum absolute atomic E-state index is 1.10. The summed E-state index contributed by atoms with van der Waals surface area (Å²) in [7, 11) is -2.71. The van der Waals surface area contributed by atoms with E-state index in [1.807, 2.05) is 0 Å². The third-order valence-electron chi connectivity index (χ3n) is 8.62. The van der Waals surface area contributed by atoms with E-state index in [1.165, 1.54) is 53.8 Å². The molecule has 0 atom stereocenters. The maximum absolute atomic E-state index is 4.05. The highest BCUT2D eigenvalue weighted by molar-refractivity contribution is 7.16. The molecule has 200 valence electrons. The van der Waals surface area contributed by atoms with Crippen LogP contribution in [0.25, 0.3) is 27.1 Å². The number of aryl methyl sites for hydroxylation is 1. The summed E-state index contributed by atoms with van der Waals surface area (Å²) >= 11 is 0. The summed E-state index contributed by atoms with van der Waals surface area (Å²) in [6, 6.07) is 48.5. The van der Waals surface area contributed by atoms with Gasteiger partial charge in [0.25, 0.3) is 0 Å². The lowest BCUT2D eigenvalue weighted by Gasteiger charge is -2.28. The van der Waals surface area contributed by atoms with Crippen molar-refractivity contribution in [2.75, 3.05) is 0 Å². The minimum atomic E-state index is -2.71. The first-order valence-electron chi connectivity index (χ1n) is 14.8. The van der Waals surface area contributed by atoms with Gasteiger partial charge in [-0.05, 0) is 79.6 Å². The van der Waals surface area contributed by atoms with Crippen LogP contribution >= 0.6 is 0 Å². The Balaban J connectivity index is 1.55. The van der Waals surface area contributed by atoms with E-state index in [-0.39, 0.29) is 0 Å². The number of benzene rings is 6. The molecule has 1 heteroatoms. The van der Waals surface area contributed by atoms with Crippen LogP contribution < -0.4 is 15.6 Å². The fraction of sp³-hybridized carbons (Fsp3) is 0.0732. The average molecular weight is 553 g/mol. The summed E-state index contributed by atoms with van der Waals surface area (Å²) < 4.78 is 0. The van der Waals surface area contributed by atoms with Crippen molar-refractivity contribution in [3.05, 3.63) is 168 Å². The number of hydrogen-bond donors (Lipinski definition) is 0. The normalized spacial score (nSPS) is 13.0. The molecule has 7 rings (SSSR count). The van der Waals surface area contributed by atoms with Crippen LogP contribution in [0.2, 0.25) is 0 Å². The second-order valence-electron chi connectivity index (χ2n) is 11.0. The van der Waals surface area contributed by atoms with Gasteiger partial charge < -0.3 is 0 Å². The first-order chi connectivity index (χ1) is 20.8. The molecule has 0 saturated carbocycles. The fourth-order valence-electron chi connectivity index (χ4n) is 6.47. The van der Waals surface area contributed by atoms with Gasteiger partial charge in [-0.25, -0.2) is 0 Å². The predicted octanol–water partition coefficient (Wildman–Crippen LogP) is 8.10. The first kappa shape index (κ1) is 26.0. The Morgan fingerprint density at radius 1 is 0.548 bits per heavy atom. The van der Waals surface area contributed by atoms with Crippen LogP contribution in [0.5, 0.6) is 0 Å². The monoisotopic (exact) mass is 552 g/mol. The van der Waals surface area contributed by atoms with Crippen molar-refractivity contribution in [1.82, 2.24) is 0 Å². The van der Waals surface area contributed by atoms with Gasteiger partial charge in [-0.2, -0.15) is 0 Å². The molecule has 0 spiro atoms.